The second-order valence-corrected chi connectivity index (χ2v) is 10.2. The van der Waals surface area contributed by atoms with Crippen LogP contribution in [0.3, 0.4) is 0 Å². The van der Waals surface area contributed by atoms with Crippen molar-refractivity contribution in [1.82, 2.24) is 15.2 Å². The quantitative estimate of drug-likeness (QED) is 0.278. The highest BCUT2D eigenvalue weighted by Gasteiger charge is 2.44. The molecule has 8 heteroatoms. The molecule has 0 saturated heterocycles. The third-order valence-corrected chi connectivity index (χ3v) is 7.05. The molecule has 1 aromatic carbocycles. The Morgan fingerprint density at radius 1 is 1.17 bits per heavy atom. The summed E-state index contributed by atoms with van der Waals surface area (Å²) in [5.74, 6) is 1.75. The van der Waals surface area contributed by atoms with Crippen LogP contribution in [-0.4, -0.2) is 27.8 Å². The van der Waals surface area contributed by atoms with E-state index in [9.17, 15) is 9.81 Å². The van der Waals surface area contributed by atoms with Crippen LogP contribution in [-0.2, 0) is 18.4 Å². The van der Waals surface area contributed by atoms with Gasteiger partial charge in [-0.15, -0.1) is 0 Å². The lowest BCUT2D eigenvalue weighted by atomic mass is 9.65. The van der Waals surface area contributed by atoms with Crippen molar-refractivity contribution in [2.75, 3.05) is 6.54 Å². The van der Waals surface area contributed by atoms with Crippen LogP contribution in [0.2, 0.25) is 0 Å². The summed E-state index contributed by atoms with van der Waals surface area (Å²) < 4.78 is 0. The molecule has 2 atom stereocenters. The Balaban J connectivity index is 2.42. The molecule has 3 rings (SSSR count). The van der Waals surface area contributed by atoms with Gasteiger partial charge in [0.1, 0.15) is 12.4 Å². The van der Waals surface area contributed by atoms with Crippen molar-refractivity contribution in [2.45, 2.75) is 96.6 Å². The molecule has 3 N–H and O–H groups in total. The van der Waals surface area contributed by atoms with E-state index in [0.29, 0.717) is 18.7 Å². The minimum absolute atomic E-state index is 0.130. The molecule has 8 nitrogen and oxygen atoms in total. The van der Waals surface area contributed by atoms with E-state index in [1.54, 1.807) is 0 Å². The molecule has 1 aromatic heterocycles. The maximum absolute atomic E-state index is 11.0. The lowest BCUT2D eigenvalue weighted by molar-refractivity contribution is 0.469. The summed E-state index contributed by atoms with van der Waals surface area (Å²) in [4.78, 5) is 26.9. The van der Waals surface area contributed by atoms with Gasteiger partial charge in [-0.05, 0) is 74.1 Å². The second-order valence-electron chi connectivity index (χ2n) is 10.2. The number of hydrogen-bond donors (Lipinski definition) is 2. The van der Waals surface area contributed by atoms with Gasteiger partial charge >= 0.3 is 0 Å². The fourth-order valence-corrected chi connectivity index (χ4v) is 5.39. The van der Waals surface area contributed by atoms with Gasteiger partial charge in [0, 0.05) is 12.0 Å². The summed E-state index contributed by atoms with van der Waals surface area (Å²) in [5.41, 5.74) is 11.6. The highest BCUT2D eigenvalue weighted by atomic mass is 16.3. The lowest BCUT2D eigenvalue weighted by Crippen LogP contribution is -2.39. The molecule has 2 aromatic rings. The molecule has 0 bridgehead atoms. The number of allylic oxidation sites excluding steroid dienone is 3. The first-order valence-electron chi connectivity index (χ1n) is 13.1. The molecule has 1 aliphatic carbocycles. The number of nitrogens with zero attached hydrogens (tertiary/aromatic N) is 4. The van der Waals surface area contributed by atoms with Crippen LogP contribution in [0, 0.1) is 9.81 Å². The Hall–Kier alpha value is -3.00. The molecule has 1 aliphatic rings. The molecule has 0 spiro atoms. The van der Waals surface area contributed by atoms with Crippen molar-refractivity contribution < 1.29 is 0 Å². The van der Waals surface area contributed by atoms with Gasteiger partial charge in [0.25, 0.3) is 0 Å². The van der Waals surface area contributed by atoms with Gasteiger partial charge in [-0.25, -0.2) is 4.98 Å². The molecule has 194 valence electrons. The van der Waals surface area contributed by atoms with Crippen LogP contribution in [0.4, 0.5) is 0 Å². The minimum Gasteiger partial charge on any atom is -0.328 e. The summed E-state index contributed by atoms with van der Waals surface area (Å²) >= 11 is 0. The van der Waals surface area contributed by atoms with Crippen molar-refractivity contribution in [3.05, 3.63) is 79.7 Å². The maximum Gasteiger partial charge on any atom is 0.165 e. The molecule has 36 heavy (non-hydrogen) atoms. The summed E-state index contributed by atoms with van der Waals surface area (Å²) in [7, 11) is 0. The Bertz CT molecular complexity index is 1100. The Kier molecular flexibility index (Phi) is 9.81. The molecule has 0 saturated carbocycles. The number of aromatic amines is 1. The normalized spacial score (nSPS) is 21.6. The zero-order valence-electron chi connectivity index (χ0n) is 22.1. The van der Waals surface area contributed by atoms with E-state index >= 15 is 0 Å². The van der Waals surface area contributed by atoms with Crippen LogP contribution in [0.25, 0.3) is 0 Å². The molecular formula is C28H40N6O2. The molecule has 1 unspecified atom stereocenters. The molecule has 0 aliphatic heterocycles. The molecule has 0 fully saturated rings. The smallest absolute Gasteiger partial charge is 0.165 e. The summed E-state index contributed by atoms with van der Waals surface area (Å²) in [5, 5.41) is 14.2. The number of H-pyrrole nitrogens is 1. The van der Waals surface area contributed by atoms with Gasteiger partial charge in [0.05, 0.1) is 12.0 Å². The predicted molar refractivity (Wildman–Crippen MR) is 145 cm³/mol. The van der Waals surface area contributed by atoms with Crippen LogP contribution in [0.15, 0.2) is 51.9 Å². The van der Waals surface area contributed by atoms with Crippen LogP contribution in [0.5, 0.6) is 0 Å². The molecule has 1 heterocycles. The monoisotopic (exact) mass is 492 g/mol. The van der Waals surface area contributed by atoms with Gasteiger partial charge in [-0.2, -0.15) is 14.9 Å². The molecule has 0 radical (unpaired) electrons. The first kappa shape index (κ1) is 27.6. The number of benzene rings is 1. The number of nitrogens with two attached hydrogens (primary N) is 1. The molecular weight excluding hydrogens is 452 g/mol. The number of fused-ring (bicyclic) bond motifs is 1. The molecule has 0 amide bonds. The minimum atomic E-state index is -0.679. The van der Waals surface area contributed by atoms with Crippen molar-refractivity contribution in [2.24, 2.45) is 16.1 Å². The Morgan fingerprint density at radius 2 is 1.94 bits per heavy atom. The zero-order valence-corrected chi connectivity index (χ0v) is 22.1. The Morgan fingerprint density at radius 3 is 2.58 bits per heavy atom. The SMILES string of the molecule is CC/C1=C(\C=C/CCN=O)C(C[C@@H](C)N)(c2n[nH]c(C(C)C)n2)c2ccc(CN=O)cc2CCCC1. The van der Waals surface area contributed by atoms with E-state index in [2.05, 4.69) is 54.4 Å². The van der Waals surface area contributed by atoms with Crippen molar-refractivity contribution >= 4 is 0 Å². The number of rotatable bonds is 11. The third kappa shape index (κ3) is 6.03. The van der Waals surface area contributed by atoms with E-state index < -0.39 is 5.41 Å². The zero-order chi connectivity index (χ0) is 26.1. The van der Waals surface area contributed by atoms with Gasteiger partial charge in [0.15, 0.2) is 5.82 Å². The van der Waals surface area contributed by atoms with E-state index in [1.807, 2.05) is 19.1 Å². The second kappa shape index (κ2) is 12.8. The van der Waals surface area contributed by atoms with Crippen molar-refractivity contribution in [3.63, 3.8) is 0 Å². The van der Waals surface area contributed by atoms with Crippen LogP contribution in [0.1, 0.15) is 100 Å². The number of aromatic nitrogens is 3. The van der Waals surface area contributed by atoms with Crippen molar-refractivity contribution in [3.8, 4) is 0 Å². The fraction of sp³-hybridized carbons (Fsp3) is 0.571. The van der Waals surface area contributed by atoms with Gasteiger partial charge in [-0.3, -0.25) is 5.10 Å². The lowest BCUT2D eigenvalue weighted by Gasteiger charge is -2.38. The van der Waals surface area contributed by atoms with Gasteiger partial charge < -0.3 is 5.73 Å². The highest BCUT2D eigenvalue weighted by molar-refractivity contribution is 5.54. The summed E-state index contributed by atoms with van der Waals surface area (Å²) in [6.07, 6.45) is 10.3. The standard InChI is InChI=1S/C28H40N6O2/c1-5-22-10-6-7-11-23-16-21(18-31-36)13-14-25(23)28(17-20(4)29,24(22)12-8-9-15-30-35)27-32-26(19(2)3)33-34-27/h8,12-14,16,19-20H,5-7,9-11,15,17-18,29H2,1-4H3,(H,32,33,34)/b12-8-,24-22-/t20-,28?/m1/s1. The number of aryl methyl sites for hydroxylation is 1. The third-order valence-electron chi connectivity index (χ3n) is 7.05. The number of nitrogens with one attached hydrogen (secondary N) is 1. The fourth-order valence-electron chi connectivity index (χ4n) is 5.39. The van der Waals surface area contributed by atoms with Gasteiger partial charge in [0.2, 0.25) is 0 Å². The topological polar surface area (TPSA) is 126 Å². The average Bonchev–Trinajstić information content (AvgIpc) is 3.36. The highest BCUT2D eigenvalue weighted by Crippen LogP contribution is 2.47. The number of nitroso groups, excluding NO2 is 2. The van der Waals surface area contributed by atoms with E-state index in [-0.39, 0.29) is 25.0 Å². The van der Waals surface area contributed by atoms with E-state index in [1.165, 1.54) is 11.1 Å². The summed E-state index contributed by atoms with van der Waals surface area (Å²) in [6.45, 7) is 8.80. The van der Waals surface area contributed by atoms with Crippen LogP contribution >= 0.6 is 0 Å². The number of hydrogen-bond acceptors (Lipinski definition) is 7. The predicted octanol–water partition coefficient (Wildman–Crippen LogP) is 6.36. The largest absolute Gasteiger partial charge is 0.328 e. The summed E-state index contributed by atoms with van der Waals surface area (Å²) in [6, 6.07) is 6.11. The first-order chi connectivity index (χ1) is 17.4. The first-order valence-corrected chi connectivity index (χ1v) is 13.1. The Labute approximate surface area is 214 Å². The maximum atomic E-state index is 11.0. The van der Waals surface area contributed by atoms with Crippen LogP contribution < -0.4 is 5.73 Å². The van der Waals surface area contributed by atoms with Crippen molar-refractivity contribution in [1.29, 1.82) is 0 Å². The average molecular weight is 493 g/mol. The van der Waals surface area contributed by atoms with E-state index in [0.717, 1.165) is 54.6 Å². The van der Waals surface area contributed by atoms with E-state index in [4.69, 9.17) is 15.8 Å². The van der Waals surface area contributed by atoms with Gasteiger partial charge in [-0.1, -0.05) is 67.0 Å².